The second-order valence-electron chi connectivity index (χ2n) is 6.18. The van der Waals surface area contributed by atoms with E-state index in [9.17, 15) is 4.79 Å². The van der Waals surface area contributed by atoms with Crippen LogP contribution in [0.5, 0.6) is 0 Å². The Balaban J connectivity index is 1.71. The fourth-order valence-electron chi connectivity index (χ4n) is 3.22. The molecule has 0 saturated carbocycles. The standard InChI is InChI=1S/C21H16Br2N2O/c22-15-10-11-19(18(23)12-15)24-20-16-8-4-5-9-17(16)21(26)25(20)13-14-6-2-1-3-7-14/h1-12,20,24H,13H2. The molecule has 1 aliphatic heterocycles. The van der Waals surface area contributed by atoms with E-state index >= 15 is 0 Å². The van der Waals surface area contributed by atoms with E-state index in [1.165, 1.54) is 0 Å². The first-order valence-corrected chi connectivity index (χ1v) is 9.87. The fraction of sp³-hybridized carbons (Fsp3) is 0.0952. The van der Waals surface area contributed by atoms with Gasteiger partial charge < -0.3 is 10.2 Å². The van der Waals surface area contributed by atoms with Crippen LogP contribution in [0.4, 0.5) is 5.69 Å². The molecular formula is C21H16Br2N2O. The van der Waals surface area contributed by atoms with Crippen LogP contribution in [0.15, 0.2) is 81.7 Å². The Morgan fingerprint density at radius 3 is 2.42 bits per heavy atom. The Kier molecular flexibility index (Phi) is 4.83. The number of nitrogens with one attached hydrogen (secondary N) is 1. The van der Waals surface area contributed by atoms with Crippen LogP contribution >= 0.6 is 31.9 Å². The Bertz CT molecular complexity index is 959. The molecule has 0 radical (unpaired) electrons. The van der Waals surface area contributed by atoms with Crippen molar-refractivity contribution in [3.05, 3.63) is 98.4 Å². The van der Waals surface area contributed by atoms with Gasteiger partial charge in [-0.05, 0) is 45.8 Å². The first-order valence-electron chi connectivity index (χ1n) is 8.29. The summed E-state index contributed by atoms with van der Waals surface area (Å²) >= 11 is 7.08. The molecule has 3 aromatic rings. The van der Waals surface area contributed by atoms with Crippen LogP contribution < -0.4 is 5.32 Å². The number of rotatable bonds is 4. The fourth-order valence-corrected chi connectivity index (χ4v) is 4.38. The van der Waals surface area contributed by atoms with Crippen molar-refractivity contribution in [2.24, 2.45) is 0 Å². The molecule has 1 aliphatic rings. The van der Waals surface area contributed by atoms with Gasteiger partial charge in [-0.15, -0.1) is 0 Å². The number of fused-ring (bicyclic) bond motifs is 1. The summed E-state index contributed by atoms with van der Waals surface area (Å²) in [6.45, 7) is 0.556. The van der Waals surface area contributed by atoms with E-state index in [4.69, 9.17) is 0 Å². The third kappa shape index (κ3) is 3.29. The van der Waals surface area contributed by atoms with Crippen LogP contribution in [0.2, 0.25) is 0 Å². The second kappa shape index (κ2) is 7.25. The van der Waals surface area contributed by atoms with Gasteiger partial charge >= 0.3 is 0 Å². The van der Waals surface area contributed by atoms with E-state index in [0.29, 0.717) is 6.54 Å². The minimum Gasteiger partial charge on any atom is -0.360 e. The maximum absolute atomic E-state index is 13.0. The number of nitrogens with zero attached hydrogens (tertiary/aromatic N) is 1. The lowest BCUT2D eigenvalue weighted by atomic mass is 10.1. The van der Waals surface area contributed by atoms with E-state index in [1.807, 2.05) is 77.7 Å². The van der Waals surface area contributed by atoms with Crippen LogP contribution in [0.25, 0.3) is 0 Å². The number of hydrogen-bond acceptors (Lipinski definition) is 2. The lowest BCUT2D eigenvalue weighted by Gasteiger charge is -2.27. The highest BCUT2D eigenvalue weighted by molar-refractivity contribution is 9.11. The Labute approximate surface area is 169 Å². The van der Waals surface area contributed by atoms with Crippen LogP contribution in [0.1, 0.15) is 27.7 Å². The molecular weight excluding hydrogens is 456 g/mol. The number of hydrogen-bond donors (Lipinski definition) is 1. The van der Waals surface area contributed by atoms with Gasteiger partial charge in [0.2, 0.25) is 0 Å². The quantitative estimate of drug-likeness (QED) is 0.507. The van der Waals surface area contributed by atoms with Gasteiger partial charge in [-0.3, -0.25) is 4.79 Å². The molecule has 0 spiro atoms. The van der Waals surface area contributed by atoms with Crippen LogP contribution in [-0.2, 0) is 6.54 Å². The average molecular weight is 472 g/mol. The molecule has 3 aromatic carbocycles. The van der Waals surface area contributed by atoms with Crippen molar-refractivity contribution in [1.29, 1.82) is 0 Å². The Morgan fingerprint density at radius 2 is 1.65 bits per heavy atom. The topological polar surface area (TPSA) is 32.3 Å². The van der Waals surface area contributed by atoms with Crippen molar-refractivity contribution in [3.8, 4) is 0 Å². The van der Waals surface area contributed by atoms with Crippen molar-refractivity contribution < 1.29 is 4.79 Å². The molecule has 1 unspecified atom stereocenters. The molecule has 0 saturated heterocycles. The number of carbonyl (C=O) groups is 1. The summed E-state index contributed by atoms with van der Waals surface area (Å²) in [5.41, 5.74) is 3.81. The lowest BCUT2D eigenvalue weighted by molar-refractivity contribution is 0.0728. The van der Waals surface area contributed by atoms with E-state index < -0.39 is 0 Å². The van der Waals surface area contributed by atoms with Crippen molar-refractivity contribution >= 4 is 43.5 Å². The molecule has 0 fully saturated rings. The number of amides is 1. The van der Waals surface area contributed by atoms with Gasteiger partial charge in [-0.1, -0.05) is 64.5 Å². The minimum atomic E-state index is -0.212. The van der Waals surface area contributed by atoms with Crippen molar-refractivity contribution in [3.63, 3.8) is 0 Å². The SMILES string of the molecule is O=C1c2ccccc2C(Nc2ccc(Br)cc2Br)N1Cc1ccccc1. The summed E-state index contributed by atoms with van der Waals surface area (Å²) in [6.07, 6.45) is -0.212. The Hall–Kier alpha value is -2.11. The Morgan fingerprint density at radius 1 is 0.923 bits per heavy atom. The molecule has 130 valence electrons. The van der Waals surface area contributed by atoms with Crippen LogP contribution in [0.3, 0.4) is 0 Å². The van der Waals surface area contributed by atoms with Gasteiger partial charge in [0.05, 0.1) is 5.69 Å². The van der Waals surface area contributed by atoms with Crippen LogP contribution in [-0.4, -0.2) is 10.8 Å². The molecule has 0 aromatic heterocycles. The molecule has 3 nitrogen and oxygen atoms in total. The van der Waals surface area contributed by atoms with Gasteiger partial charge in [-0.2, -0.15) is 0 Å². The minimum absolute atomic E-state index is 0.0511. The molecule has 1 heterocycles. The zero-order chi connectivity index (χ0) is 18.1. The van der Waals surface area contributed by atoms with Gasteiger partial charge in [0.15, 0.2) is 0 Å². The summed E-state index contributed by atoms with van der Waals surface area (Å²) in [6, 6.07) is 23.8. The average Bonchev–Trinajstić information content (AvgIpc) is 2.91. The predicted molar refractivity (Wildman–Crippen MR) is 111 cm³/mol. The molecule has 1 N–H and O–H groups in total. The summed E-state index contributed by atoms with van der Waals surface area (Å²) < 4.78 is 1.95. The largest absolute Gasteiger partial charge is 0.360 e. The number of halogens is 2. The highest BCUT2D eigenvalue weighted by atomic mass is 79.9. The summed E-state index contributed by atoms with van der Waals surface area (Å²) in [7, 11) is 0. The van der Waals surface area contributed by atoms with Gasteiger partial charge in [-0.25, -0.2) is 0 Å². The first kappa shape index (κ1) is 17.3. The zero-order valence-electron chi connectivity index (χ0n) is 13.8. The third-order valence-corrected chi connectivity index (χ3v) is 5.63. The highest BCUT2D eigenvalue weighted by Crippen LogP contribution is 2.37. The van der Waals surface area contributed by atoms with Crippen molar-refractivity contribution in [2.45, 2.75) is 12.7 Å². The first-order chi connectivity index (χ1) is 12.6. The van der Waals surface area contributed by atoms with E-state index in [0.717, 1.165) is 31.3 Å². The number of benzene rings is 3. The van der Waals surface area contributed by atoms with Gasteiger partial charge in [0, 0.05) is 26.6 Å². The van der Waals surface area contributed by atoms with Crippen molar-refractivity contribution in [2.75, 3.05) is 5.32 Å². The molecule has 0 bridgehead atoms. The zero-order valence-corrected chi connectivity index (χ0v) is 17.0. The maximum Gasteiger partial charge on any atom is 0.256 e. The molecule has 1 amide bonds. The van der Waals surface area contributed by atoms with E-state index in [2.05, 4.69) is 37.2 Å². The summed E-state index contributed by atoms with van der Waals surface area (Å²) in [4.78, 5) is 14.9. The lowest BCUT2D eigenvalue weighted by Crippen LogP contribution is -2.31. The number of carbonyl (C=O) groups excluding carboxylic acids is 1. The molecule has 26 heavy (non-hydrogen) atoms. The van der Waals surface area contributed by atoms with Gasteiger partial charge in [0.1, 0.15) is 6.17 Å². The molecule has 1 atom stereocenters. The molecule has 4 rings (SSSR count). The summed E-state index contributed by atoms with van der Waals surface area (Å²) in [5, 5.41) is 3.53. The monoisotopic (exact) mass is 470 g/mol. The van der Waals surface area contributed by atoms with Crippen molar-refractivity contribution in [1.82, 2.24) is 4.90 Å². The smallest absolute Gasteiger partial charge is 0.256 e. The molecule has 5 heteroatoms. The van der Waals surface area contributed by atoms with E-state index in [1.54, 1.807) is 0 Å². The maximum atomic E-state index is 13.0. The highest BCUT2D eigenvalue weighted by Gasteiger charge is 2.36. The van der Waals surface area contributed by atoms with E-state index in [-0.39, 0.29) is 12.1 Å². The molecule has 0 aliphatic carbocycles. The summed E-state index contributed by atoms with van der Waals surface area (Å²) in [5.74, 6) is 0.0511. The van der Waals surface area contributed by atoms with Crippen LogP contribution in [0, 0.1) is 0 Å². The normalized spacial score (nSPS) is 15.8. The number of anilines is 1. The van der Waals surface area contributed by atoms with Gasteiger partial charge in [0.25, 0.3) is 5.91 Å². The predicted octanol–water partition coefficient (Wildman–Crippen LogP) is 5.98. The second-order valence-corrected chi connectivity index (χ2v) is 7.95. The third-order valence-electron chi connectivity index (χ3n) is 4.48.